The second kappa shape index (κ2) is 7.20. The molecular weight excluding hydrogens is 285 g/mol. The number of hydrogen-bond donors (Lipinski definition) is 3. The highest BCUT2D eigenvalue weighted by molar-refractivity contribution is 7.92. The number of likely N-dealkylation sites (N-methyl/N-ethyl adjacent to an activating group) is 1. The maximum absolute atomic E-state index is 13.2. The highest BCUT2D eigenvalue weighted by Crippen LogP contribution is 2.18. The second-order valence-electron chi connectivity index (χ2n) is 4.17. The number of hydrogen-bond acceptors (Lipinski definition) is 4. The lowest BCUT2D eigenvalue weighted by Gasteiger charge is -2.11. The van der Waals surface area contributed by atoms with Crippen LogP contribution in [-0.4, -0.2) is 40.2 Å². The van der Waals surface area contributed by atoms with E-state index in [1.54, 1.807) is 0 Å². The fourth-order valence-corrected chi connectivity index (χ4v) is 2.11. The van der Waals surface area contributed by atoms with Crippen LogP contribution >= 0.6 is 0 Å². The summed E-state index contributed by atoms with van der Waals surface area (Å²) in [6.45, 7) is 3.65. The van der Waals surface area contributed by atoms with Gasteiger partial charge in [0.25, 0.3) is 5.91 Å². The maximum Gasteiger partial charge on any atom is 0.253 e. The third kappa shape index (κ3) is 5.54. The van der Waals surface area contributed by atoms with E-state index >= 15 is 0 Å². The van der Waals surface area contributed by atoms with Crippen molar-refractivity contribution in [2.24, 2.45) is 0 Å². The van der Waals surface area contributed by atoms with Crippen molar-refractivity contribution in [3.63, 3.8) is 0 Å². The Kier molecular flexibility index (Phi) is 5.90. The molecule has 1 amide bonds. The number of nitrogens with one attached hydrogen (secondary N) is 3. The van der Waals surface area contributed by atoms with Crippen LogP contribution in [0.25, 0.3) is 0 Å². The van der Waals surface area contributed by atoms with Gasteiger partial charge in [-0.3, -0.25) is 9.52 Å². The van der Waals surface area contributed by atoms with E-state index in [1.165, 1.54) is 6.07 Å². The quantitative estimate of drug-likeness (QED) is 0.642. The summed E-state index contributed by atoms with van der Waals surface area (Å²) in [4.78, 5) is 11.9. The molecule has 6 nitrogen and oxygen atoms in total. The van der Waals surface area contributed by atoms with E-state index in [0.717, 1.165) is 24.9 Å². The van der Waals surface area contributed by atoms with Crippen LogP contribution in [-0.2, 0) is 10.0 Å². The molecule has 112 valence electrons. The fraction of sp³-hybridized carbons (Fsp3) is 0.417. The molecule has 1 aromatic rings. The lowest BCUT2D eigenvalue weighted by Crippen LogP contribution is -2.32. The number of rotatable bonds is 7. The lowest BCUT2D eigenvalue weighted by atomic mass is 10.1. The Hall–Kier alpha value is -1.67. The molecule has 0 aliphatic carbocycles. The predicted octanol–water partition coefficient (Wildman–Crippen LogP) is 0.536. The summed E-state index contributed by atoms with van der Waals surface area (Å²) in [5.74, 6) is -1.14. The van der Waals surface area contributed by atoms with Crippen molar-refractivity contribution in [2.75, 3.05) is 30.6 Å². The third-order valence-electron chi connectivity index (χ3n) is 2.36. The first-order valence-electron chi connectivity index (χ1n) is 6.09. The van der Waals surface area contributed by atoms with Gasteiger partial charge in [0.05, 0.1) is 17.5 Å². The van der Waals surface area contributed by atoms with E-state index in [4.69, 9.17) is 0 Å². The molecule has 1 rings (SSSR count). The van der Waals surface area contributed by atoms with E-state index in [0.29, 0.717) is 13.1 Å². The molecule has 0 aliphatic heterocycles. The number of amides is 1. The average Bonchev–Trinajstić information content (AvgIpc) is 2.35. The average molecular weight is 303 g/mol. The van der Waals surface area contributed by atoms with Crippen molar-refractivity contribution in [3.05, 3.63) is 29.6 Å². The van der Waals surface area contributed by atoms with Gasteiger partial charge in [0.1, 0.15) is 5.82 Å². The van der Waals surface area contributed by atoms with Gasteiger partial charge in [0.2, 0.25) is 10.0 Å². The van der Waals surface area contributed by atoms with Crippen molar-refractivity contribution in [1.29, 1.82) is 0 Å². The standard InChI is InChI=1S/C12H18FN3O3S/c1-3-14-6-7-15-12(17)10-8-9(13)4-5-11(10)16-20(2,18)19/h4-5,8,14,16H,3,6-7H2,1-2H3,(H,15,17). The molecule has 0 saturated heterocycles. The van der Waals surface area contributed by atoms with Crippen molar-refractivity contribution in [3.8, 4) is 0 Å². The van der Waals surface area contributed by atoms with E-state index in [9.17, 15) is 17.6 Å². The van der Waals surface area contributed by atoms with Gasteiger partial charge < -0.3 is 10.6 Å². The second-order valence-corrected chi connectivity index (χ2v) is 5.92. The molecule has 20 heavy (non-hydrogen) atoms. The number of carbonyl (C=O) groups is 1. The van der Waals surface area contributed by atoms with Crippen LogP contribution in [0.15, 0.2) is 18.2 Å². The number of halogens is 1. The summed E-state index contributed by atoms with van der Waals surface area (Å²) >= 11 is 0. The molecule has 1 aromatic carbocycles. The van der Waals surface area contributed by atoms with Crippen LogP contribution in [0.5, 0.6) is 0 Å². The minimum Gasteiger partial charge on any atom is -0.351 e. The summed E-state index contributed by atoms with van der Waals surface area (Å²) < 4.78 is 37.8. The van der Waals surface area contributed by atoms with Crippen LogP contribution in [0, 0.1) is 5.82 Å². The summed E-state index contributed by atoms with van der Waals surface area (Å²) in [7, 11) is -3.54. The van der Waals surface area contributed by atoms with Crippen molar-refractivity contribution in [1.82, 2.24) is 10.6 Å². The van der Waals surface area contributed by atoms with Gasteiger partial charge in [-0.15, -0.1) is 0 Å². The summed E-state index contributed by atoms with van der Waals surface area (Å²) in [5, 5.41) is 5.60. The molecule has 0 radical (unpaired) electrons. The van der Waals surface area contributed by atoms with Gasteiger partial charge in [-0.05, 0) is 24.7 Å². The first-order valence-corrected chi connectivity index (χ1v) is 7.99. The van der Waals surface area contributed by atoms with Crippen LogP contribution in [0.2, 0.25) is 0 Å². The van der Waals surface area contributed by atoms with Gasteiger partial charge in [0, 0.05) is 13.1 Å². The molecule has 0 heterocycles. The van der Waals surface area contributed by atoms with Crippen molar-refractivity contribution < 1.29 is 17.6 Å². The molecule has 0 bridgehead atoms. The Morgan fingerprint density at radius 2 is 2.00 bits per heavy atom. The summed E-state index contributed by atoms with van der Waals surface area (Å²) in [6.07, 6.45) is 0.962. The van der Waals surface area contributed by atoms with E-state index in [2.05, 4.69) is 15.4 Å². The third-order valence-corrected chi connectivity index (χ3v) is 2.95. The SMILES string of the molecule is CCNCCNC(=O)c1cc(F)ccc1NS(C)(=O)=O. The zero-order valence-corrected chi connectivity index (χ0v) is 12.2. The molecule has 8 heteroatoms. The Morgan fingerprint density at radius 3 is 2.60 bits per heavy atom. The van der Waals surface area contributed by atoms with Crippen LogP contribution in [0.4, 0.5) is 10.1 Å². The number of anilines is 1. The molecule has 0 atom stereocenters. The number of carbonyl (C=O) groups excluding carboxylic acids is 1. The number of sulfonamides is 1. The molecule has 0 fully saturated rings. The van der Waals surface area contributed by atoms with Crippen LogP contribution in [0.1, 0.15) is 17.3 Å². The topological polar surface area (TPSA) is 87.3 Å². The molecule has 0 spiro atoms. The minimum atomic E-state index is -3.54. The lowest BCUT2D eigenvalue weighted by molar-refractivity contribution is 0.0954. The van der Waals surface area contributed by atoms with Crippen LogP contribution < -0.4 is 15.4 Å². The zero-order valence-electron chi connectivity index (χ0n) is 11.4. The van der Waals surface area contributed by atoms with Crippen LogP contribution in [0.3, 0.4) is 0 Å². The minimum absolute atomic E-state index is 0.0491. The largest absolute Gasteiger partial charge is 0.351 e. The first kappa shape index (κ1) is 16.4. The van der Waals surface area contributed by atoms with Gasteiger partial charge in [-0.2, -0.15) is 0 Å². The predicted molar refractivity (Wildman–Crippen MR) is 75.7 cm³/mol. The smallest absolute Gasteiger partial charge is 0.253 e. The first-order chi connectivity index (χ1) is 9.33. The molecule has 0 aliphatic rings. The van der Waals surface area contributed by atoms with E-state index in [1.807, 2.05) is 6.92 Å². The summed E-state index contributed by atoms with van der Waals surface area (Å²) in [6, 6.07) is 3.30. The monoisotopic (exact) mass is 303 g/mol. The summed E-state index contributed by atoms with van der Waals surface area (Å²) in [5.41, 5.74) is 0.00164. The Morgan fingerprint density at radius 1 is 1.30 bits per heavy atom. The Labute approximate surface area is 117 Å². The highest BCUT2D eigenvalue weighted by atomic mass is 32.2. The molecule has 0 aromatic heterocycles. The number of benzene rings is 1. The maximum atomic E-state index is 13.2. The Balaban J connectivity index is 2.86. The molecule has 0 saturated carbocycles. The highest BCUT2D eigenvalue weighted by Gasteiger charge is 2.14. The molecule has 3 N–H and O–H groups in total. The molecular formula is C12H18FN3O3S. The van der Waals surface area contributed by atoms with Crippen molar-refractivity contribution >= 4 is 21.6 Å². The van der Waals surface area contributed by atoms with Gasteiger partial charge in [0.15, 0.2) is 0 Å². The zero-order chi connectivity index (χ0) is 15.2. The van der Waals surface area contributed by atoms with Crippen molar-refractivity contribution in [2.45, 2.75) is 6.92 Å². The Bertz CT molecular complexity index is 575. The normalized spacial score (nSPS) is 11.2. The molecule has 0 unspecified atom stereocenters. The van der Waals surface area contributed by atoms with Gasteiger partial charge >= 0.3 is 0 Å². The van der Waals surface area contributed by atoms with E-state index < -0.39 is 21.7 Å². The van der Waals surface area contributed by atoms with Gasteiger partial charge in [-0.1, -0.05) is 6.92 Å². The van der Waals surface area contributed by atoms with E-state index in [-0.39, 0.29) is 11.3 Å². The van der Waals surface area contributed by atoms with Gasteiger partial charge in [-0.25, -0.2) is 12.8 Å². The fourth-order valence-electron chi connectivity index (χ4n) is 1.53.